The van der Waals surface area contributed by atoms with Crippen molar-refractivity contribution in [2.75, 3.05) is 6.61 Å². The fraction of sp³-hybridized carbons (Fsp3) is 0.833. The highest BCUT2D eigenvalue weighted by molar-refractivity contribution is 5.68. The minimum atomic E-state index is -0.866. The van der Waals surface area contributed by atoms with Crippen molar-refractivity contribution in [1.29, 1.82) is 0 Å². The number of primary amides is 1. The Morgan fingerprint density at radius 1 is 1.17 bits per heavy atom. The number of hydrogen-bond donors (Lipinski definition) is 2. The summed E-state index contributed by atoms with van der Waals surface area (Å²) >= 11 is 0. The van der Waals surface area contributed by atoms with E-state index < -0.39 is 17.8 Å². The molecular weight excluding hydrogens is 236 g/mol. The molecule has 1 unspecified atom stereocenters. The normalized spacial score (nSPS) is 13.7. The van der Waals surface area contributed by atoms with Gasteiger partial charge in [0, 0.05) is 0 Å². The molecule has 6 nitrogen and oxygen atoms in total. The van der Waals surface area contributed by atoms with Crippen molar-refractivity contribution in [1.82, 2.24) is 5.32 Å². The van der Waals surface area contributed by atoms with E-state index in [1.165, 1.54) is 0 Å². The SMILES string of the molecule is CC(C)(C)OC(=O)NC(COC(N)=O)C(C)(C)C. The quantitative estimate of drug-likeness (QED) is 0.812. The van der Waals surface area contributed by atoms with Gasteiger partial charge in [0.1, 0.15) is 12.2 Å². The number of ether oxygens (including phenoxy) is 2. The summed E-state index contributed by atoms with van der Waals surface area (Å²) in [7, 11) is 0. The summed E-state index contributed by atoms with van der Waals surface area (Å²) in [6.45, 7) is 11.1. The zero-order chi connectivity index (χ0) is 14.6. The zero-order valence-corrected chi connectivity index (χ0v) is 12.0. The van der Waals surface area contributed by atoms with Crippen molar-refractivity contribution < 1.29 is 19.1 Å². The van der Waals surface area contributed by atoms with Gasteiger partial charge < -0.3 is 20.5 Å². The third-order valence-corrected chi connectivity index (χ3v) is 2.13. The van der Waals surface area contributed by atoms with E-state index in [1.807, 2.05) is 20.8 Å². The Kier molecular flexibility index (Phi) is 5.45. The summed E-state index contributed by atoms with van der Waals surface area (Å²) in [5, 5.41) is 2.67. The average Bonchev–Trinajstić information content (AvgIpc) is 2.06. The first-order valence-electron chi connectivity index (χ1n) is 5.83. The number of rotatable bonds is 3. The molecular formula is C12H24N2O4. The molecule has 0 bridgehead atoms. The van der Waals surface area contributed by atoms with Crippen LogP contribution in [0.3, 0.4) is 0 Å². The molecule has 106 valence electrons. The predicted molar refractivity (Wildman–Crippen MR) is 68.1 cm³/mol. The van der Waals surface area contributed by atoms with Crippen molar-refractivity contribution in [3.63, 3.8) is 0 Å². The molecule has 0 heterocycles. The van der Waals surface area contributed by atoms with Crippen LogP contribution in [-0.4, -0.2) is 30.4 Å². The number of carbonyl (C=O) groups is 2. The lowest BCUT2D eigenvalue weighted by atomic mass is 9.87. The Balaban J connectivity index is 4.51. The Hall–Kier alpha value is -1.46. The van der Waals surface area contributed by atoms with Crippen molar-refractivity contribution in [3.05, 3.63) is 0 Å². The smallest absolute Gasteiger partial charge is 0.408 e. The molecule has 0 aromatic heterocycles. The van der Waals surface area contributed by atoms with Crippen molar-refractivity contribution in [2.24, 2.45) is 11.1 Å². The van der Waals surface area contributed by atoms with E-state index in [4.69, 9.17) is 15.2 Å². The molecule has 0 rings (SSSR count). The van der Waals surface area contributed by atoms with Gasteiger partial charge in [-0.05, 0) is 26.2 Å². The first-order chi connectivity index (χ1) is 7.92. The highest BCUT2D eigenvalue weighted by atomic mass is 16.6. The van der Waals surface area contributed by atoms with Crippen LogP contribution >= 0.6 is 0 Å². The van der Waals surface area contributed by atoms with Gasteiger partial charge in [0.05, 0.1) is 6.04 Å². The lowest BCUT2D eigenvalue weighted by molar-refractivity contribution is 0.0402. The summed E-state index contributed by atoms with van der Waals surface area (Å²) in [5.74, 6) is 0. The maximum atomic E-state index is 11.7. The highest BCUT2D eigenvalue weighted by Crippen LogP contribution is 2.20. The molecule has 0 saturated carbocycles. The number of nitrogens with one attached hydrogen (secondary N) is 1. The number of nitrogens with two attached hydrogens (primary N) is 1. The molecule has 0 aliphatic heterocycles. The van der Waals surface area contributed by atoms with Gasteiger partial charge in [-0.3, -0.25) is 0 Å². The molecule has 0 aromatic carbocycles. The topological polar surface area (TPSA) is 90.7 Å². The van der Waals surface area contributed by atoms with E-state index in [2.05, 4.69) is 5.32 Å². The van der Waals surface area contributed by atoms with Crippen LogP contribution in [0.4, 0.5) is 9.59 Å². The van der Waals surface area contributed by atoms with Crippen molar-refractivity contribution in [3.8, 4) is 0 Å². The molecule has 0 spiro atoms. The third-order valence-electron chi connectivity index (χ3n) is 2.13. The molecule has 0 saturated heterocycles. The number of alkyl carbamates (subject to hydrolysis) is 1. The van der Waals surface area contributed by atoms with Crippen LogP contribution in [0.25, 0.3) is 0 Å². The van der Waals surface area contributed by atoms with Gasteiger partial charge in [0.15, 0.2) is 0 Å². The maximum Gasteiger partial charge on any atom is 0.408 e. The summed E-state index contributed by atoms with van der Waals surface area (Å²) in [4.78, 5) is 22.3. The van der Waals surface area contributed by atoms with Crippen LogP contribution in [0.2, 0.25) is 0 Å². The molecule has 0 radical (unpaired) electrons. The van der Waals surface area contributed by atoms with Crippen LogP contribution in [0.5, 0.6) is 0 Å². The van der Waals surface area contributed by atoms with E-state index in [9.17, 15) is 9.59 Å². The van der Waals surface area contributed by atoms with Gasteiger partial charge >= 0.3 is 12.2 Å². The summed E-state index contributed by atoms with van der Waals surface area (Å²) in [5.41, 5.74) is 4.05. The van der Waals surface area contributed by atoms with E-state index in [-0.39, 0.29) is 18.1 Å². The van der Waals surface area contributed by atoms with Crippen LogP contribution in [-0.2, 0) is 9.47 Å². The van der Waals surface area contributed by atoms with E-state index in [0.717, 1.165) is 0 Å². The van der Waals surface area contributed by atoms with Gasteiger partial charge in [-0.15, -0.1) is 0 Å². The molecule has 0 aliphatic rings. The Bertz CT molecular complexity index is 302. The number of hydrogen-bond acceptors (Lipinski definition) is 4. The second kappa shape index (κ2) is 5.93. The van der Waals surface area contributed by atoms with Crippen LogP contribution in [0.15, 0.2) is 0 Å². The second-order valence-electron chi connectivity index (χ2n) is 6.19. The molecule has 0 fully saturated rings. The largest absolute Gasteiger partial charge is 0.448 e. The lowest BCUT2D eigenvalue weighted by Gasteiger charge is -2.31. The Morgan fingerprint density at radius 2 is 1.67 bits per heavy atom. The first kappa shape index (κ1) is 16.5. The highest BCUT2D eigenvalue weighted by Gasteiger charge is 2.29. The van der Waals surface area contributed by atoms with Crippen LogP contribution in [0.1, 0.15) is 41.5 Å². The summed E-state index contributed by atoms with van der Waals surface area (Å²) in [6.07, 6.45) is -1.41. The van der Waals surface area contributed by atoms with Gasteiger partial charge in [0.25, 0.3) is 0 Å². The molecule has 18 heavy (non-hydrogen) atoms. The molecule has 1 atom stereocenters. The number of amides is 2. The van der Waals surface area contributed by atoms with Gasteiger partial charge in [-0.2, -0.15) is 0 Å². The van der Waals surface area contributed by atoms with Crippen molar-refractivity contribution in [2.45, 2.75) is 53.2 Å². The number of carbonyl (C=O) groups excluding carboxylic acids is 2. The van der Waals surface area contributed by atoms with E-state index in [0.29, 0.717) is 0 Å². The molecule has 3 N–H and O–H groups in total. The summed E-state index contributed by atoms with van der Waals surface area (Å²) in [6, 6.07) is -0.375. The first-order valence-corrected chi connectivity index (χ1v) is 5.83. The molecule has 0 aromatic rings. The van der Waals surface area contributed by atoms with E-state index in [1.54, 1.807) is 20.8 Å². The Morgan fingerprint density at radius 3 is 2.00 bits per heavy atom. The van der Waals surface area contributed by atoms with Gasteiger partial charge in [-0.25, -0.2) is 9.59 Å². The molecule has 6 heteroatoms. The predicted octanol–water partition coefficient (Wildman–Crippen LogP) is 2.02. The molecule has 0 aliphatic carbocycles. The average molecular weight is 260 g/mol. The van der Waals surface area contributed by atoms with Crippen LogP contribution < -0.4 is 11.1 Å². The fourth-order valence-electron chi connectivity index (χ4n) is 1.12. The standard InChI is InChI=1S/C12H24N2O4/c1-11(2,3)8(7-17-9(13)15)14-10(16)18-12(4,5)6/h8H,7H2,1-6H3,(H2,13,15)(H,14,16). The Labute approximate surface area is 108 Å². The minimum Gasteiger partial charge on any atom is -0.448 e. The van der Waals surface area contributed by atoms with Gasteiger partial charge in [-0.1, -0.05) is 20.8 Å². The second-order valence-corrected chi connectivity index (χ2v) is 6.19. The fourth-order valence-corrected chi connectivity index (χ4v) is 1.12. The van der Waals surface area contributed by atoms with Crippen molar-refractivity contribution >= 4 is 12.2 Å². The zero-order valence-electron chi connectivity index (χ0n) is 12.0. The monoisotopic (exact) mass is 260 g/mol. The maximum absolute atomic E-state index is 11.7. The van der Waals surface area contributed by atoms with Gasteiger partial charge in [0.2, 0.25) is 0 Å². The minimum absolute atomic E-state index is 0.0120. The lowest BCUT2D eigenvalue weighted by Crippen LogP contribution is -2.48. The summed E-state index contributed by atoms with van der Waals surface area (Å²) < 4.78 is 9.88. The van der Waals surface area contributed by atoms with Crippen LogP contribution in [0, 0.1) is 5.41 Å². The molecule has 2 amide bonds. The van der Waals surface area contributed by atoms with E-state index >= 15 is 0 Å². The third kappa shape index (κ3) is 7.76.